The van der Waals surface area contributed by atoms with Crippen LogP contribution in [0, 0.1) is 17.3 Å². The van der Waals surface area contributed by atoms with Gasteiger partial charge in [-0.15, -0.1) is 0 Å². The van der Waals surface area contributed by atoms with Crippen LogP contribution in [0.3, 0.4) is 0 Å². The van der Waals surface area contributed by atoms with Crippen LogP contribution in [0.15, 0.2) is 0 Å². The number of barbiturate groups is 1. The van der Waals surface area contributed by atoms with Crippen molar-refractivity contribution in [3.63, 3.8) is 0 Å². The van der Waals surface area contributed by atoms with E-state index in [0.717, 1.165) is 0 Å². The second-order valence-electron chi connectivity index (χ2n) is 5.48. The van der Waals surface area contributed by atoms with Gasteiger partial charge in [-0.1, -0.05) is 20.8 Å². The average Bonchev–Trinajstić information content (AvgIpc) is 3.03. The van der Waals surface area contributed by atoms with Crippen molar-refractivity contribution in [1.29, 1.82) is 0 Å². The number of hydrogen-bond acceptors (Lipinski definition) is 3. The van der Waals surface area contributed by atoms with Crippen molar-refractivity contribution in [3.05, 3.63) is 0 Å². The monoisotopic (exact) mass is 238 g/mol. The highest BCUT2D eigenvalue weighted by Gasteiger charge is 2.62. The van der Waals surface area contributed by atoms with Gasteiger partial charge in [-0.2, -0.15) is 0 Å². The molecule has 0 aromatic heterocycles. The summed E-state index contributed by atoms with van der Waals surface area (Å²) in [5.41, 5.74) is -0.912. The van der Waals surface area contributed by atoms with Crippen molar-refractivity contribution < 1.29 is 14.4 Å². The van der Waals surface area contributed by atoms with Crippen LogP contribution in [0.4, 0.5) is 4.79 Å². The predicted molar refractivity (Wildman–Crippen MR) is 60.9 cm³/mol. The van der Waals surface area contributed by atoms with Crippen LogP contribution < -0.4 is 5.32 Å². The number of nitrogens with zero attached hydrogens (tertiary/aromatic N) is 1. The van der Waals surface area contributed by atoms with E-state index in [9.17, 15) is 14.4 Å². The number of urea groups is 1. The molecule has 1 spiro atoms. The molecular formula is C12H18N2O3. The zero-order valence-electron chi connectivity index (χ0n) is 10.4. The molecule has 1 aliphatic heterocycles. The molecule has 0 aromatic rings. The summed E-state index contributed by atoms with van der Waals surface area (Å²) in [6.45, 7) is 6.49. The summed E-state index contributed by atoms with van der Waals surface area (Å²) in [7, 11) is 0. The summed E-state index contributed by atoms with van der Waals surface area (Å²) in [4.78, 5) is 36.6. The fourth-order valence-corrected chi connectivity index (χ4v) is 1.96. The highest BCUT2D eigenvalue weighted by molar-refractivity contribution is 6.20. The molecule has 2 rings (SSSR count). The highest BCUT2D eigenvalue weighted by atomic mass is 16.2. The first kappa shape index (κ1) is 12.1. The molecule has 5 nitrogen and oxygen atoms in total. The minimum Gasteiger partial charge on any atom is -0.277 e. The van der Waals surface area contributed by atoms with Gasteiger partial charge in [-0.3, -0.25) is 19.8 Å². The molecule has 5 heteroatoms. The smallest absolute Gasteiger partial charge is 0.277 e. The molecule has 1 saturated carbocycles. The van der Waals surface area contributed by atoms with Gasteiger partial charge in [-0.05, 0) is 24.7 Å². The lowest BCUT2D eigenvalue weighted by Crippen LogP contribution is -2.60. The molecule has 4 amide bonds. The van der Waals surface area contributed by atoms with Crippen molar-refractivity contribution >= 4 is 17.8 Å². The molecule has 1 aliphatic carbocycles. The molecule has 2 aliphatic rings. The summed E-state index contributed by atoms with van der Waals surface area (Å²) < 4.78 is 0. The van der Waals surface area contributed by atoms with Gasteiger partial charge in [-0.25, -0.2) is 4.79 Å². The predicted octanol–water partition coefficient (Wildman–Crippen LogP) is 1.14. The van der Waals surface area contributed by atoms with Gasteiger partial charge >= 0.3 is 6.03 Å². The molecule has 0 bridgehead atoms. The summed E-state index contributed by atoms with van der Waals surface area (Å²) in [6, 6.07) is -0.565. The van der Waals surface area contributed by atoms with Crippen molar-refractivity contribution in [2.75, 3.05) is 6.54 Å². The number of carbonyl (C=O) groups is 3. The topological polar surface area (TPSA) is 66.5 Å². The molecule has 1 heterocycles. The zero-order valence-corrected chi connectivity index (χ0v) is 10.4. The molecule has 0 radical (unpaired) electrons. The summed E-state index contributed by atoms with van der Waals surface area (Å²) >= 11 is 0. The van der Waals surface area contributed by atoms with Gasteiger partial charge in [0.25, 0.3) is 0 Å². The Balaban J connectivity index is 2.14. The normalized spacial score (nSPS) is 24.2. The third-order valence-electron chi connectivity index (χ3n) is 3.91. The third-order valence-corrected chi connectivity index (χ3v) is 3.91. The van der Waals surface area contributed by atoms with E-state index >= 15 is 0 Å². The minimum atomic E-state index is -0.912. The minimum absolute atomic E-state index is 0.230. The Morgan fingerprint density at radius 2 is 1.82 bits per heavy atom. The fraction of sp³-hybridized carbons (Fsp3) is 0.750. The first-order chi connectivity index (χ1) is 7.88. The molecule has 17 heavy (non-hydrogen) atoms. The number of hydrogen-bond donors (Lipinski definition) is 1. The fourth-order valence-electron chi connectivity index (χ4n) is 1.96. The van der Waals surface area contributed by atoms with Gasteiger partial charge in [0.2, 0.25) is 11.8 Å². The molecule has 0 aromatic carbocycles. The first-order valence-corrected chi connectivity index (χ1v) is 6.06. The third kappa shape index (κ3) is 1.83. The van der Waals surface area contributed by atoms with Crippen LogP contribution in [-0.4, -0.2) is 29.3 Å². The van der Waals surface area contributed by atoms with Gasteiger partial charge in [0.05, 0.1) is 0 Å². The van der Waals surface area contributed by atoms with Gasteiger partial charge in [0, 0.05) is 6.54 Å². The maximum Gasteiger partial charge on any atom is 0.330 e. The van der Waals surface area contributed by atoms with Crippen LogP contribution >= 0.6 is 0 Å². The number of rotatable bonds is 3. The number of imide groups is 2. The number of amides is 4. The van der Waals surface area contributed by atoms with Crippen molar-refractivity contribution in [2.45, 2.75) is 33.6 Å². The molecule has 1 saturated heterocycles. The van der Waals surface area contributed by atoms with Crippen molar-refractivity contribution in [3.8, 4) is 0 Å². The largest absolute Gasteiger partial charge is 0.330 e. The quantitative estimate of drug-likeness (QED) is 0.750. The maximum absolute atomic E-state index is 12.1. The first-order valence-electron chi connectivity index (χ1n) is 6.06. The Labute approximate surface area is 101 Å². The van der Waals surface area contributed by atoms with E-state index in [4.69, 9.17) is 0 Å². The molecule has 2 fully saturated rings. The highest BCUT2D eigenvalue weighted by Crippen LogP contribution is 2.49. The number of nitrogens with one attached hydrogen (secondary N) is 1. The molecule has 1 unspecified atom stereocenters. The SMILES string of the molecule is CC(C)C(C)CN1C(=O)NC(=O)C2(CC2)C1=O. The lowest BCUT2D eigenvalue weighted by molar-refractivity contribution is -0.145. The summed E-state index contributed by atoms with van der Waals surface area (Å²) in [5, 5.41) is 2.28. The summed E-state index contributed by atoms with van der Waals surface area (Å²) in [6.07, 6.45) is 1.13. The van der Waals surface area contributed by atoms with Crippen molar-refractivity contribution in [1.82, 2.24) is 10.2 Å². The van der Waals surface area contributed by atoms with Crippen molar-refractivity contribution in [2.24, 2.45) is 17.3 Å². The van der Waals surface area contributed by atoms with Crippen LogP contribution in [0.25, 0.3) is 0 Å². The standard InChI is InChI=1S/C12H18N2O3/c1-7(2)8(3)6-14-10(16)12(4-5-12)9(15)13-11(14)17/h7-8H,4-6H2,1-3H3,(H,13,15,17). The summed E-state index contributed by atoms with van der Waals surface area (Å²) in [5.74, 6) is -0.100. The van der Waals surface area contributed by atoms with E-state index in [1.165, 1.54) is 4.90 Å². The molecule has 1 atom stereocenters. The van der Waals surface area contributed by atoms with E-state index in [1.807, 2.05) is 6.92 Å². The average molecular weight is 238 g/mol. The van der Waals surface area contributed by atoms with E-state index in [0.29, 0.717) is 25.3 Å². The van der Waals surface area contributed by atoms with Gasteiger partial charge < -0.3 is 0 Å². The second kappa shape index (κ2) is 3.82. The van der Waals surface area contributed by atoms with Crippen LogP contribution in [-0.2, 0) is 9.59 Å². The van der Waals surface area contributed by atoms with Crippen LogP contribution in [0.1, 0.15) is 33.6 Å². The van der Waals surface area contributed by atoms with E-state index < -0.39 is 17.4 Å². The van der Waals surface area contributed by atoms with Gasteiger partial charge in [0.15, 0.2) is 0 Å². The zero-order chi connectivity index (χ0) is 12.8. The number of carbonyl (C=O) groups excluding carboxylic acids is 3. The lowest BCUT2D eigenvalue weighted by Gasteiger charge is -2.32. The Hall–Kier alpha value is -1.39. The lowest BCUT2D eigenvalue weighted by atomic mass is 9.95. The Morgan fingerprint density at radius 1 is 1.24 bits per heavy atom. The molecule has 94 valence electrons. The Morgan fingerprint density at radius 3 is 2.29 bits per heavy atom. The Kier molecular flexibility index (Phi) is 2.72. The van der Waals surface area contributed by atoms with E-state index in [-0.39, 0.29) is 11.8 Å². The Bertz CT molecular complexity index is 385. The van der Waals surface area contributed by atoms with Crippen LogP contribution in [0.5, 0.6) is 0 Å². The van der Waals surface area contributed by atoms with Gasteiger partial charge in [0.1, 0.15) is 5.41 Å². The maximum atomic E-state index is 12.1. The molecule has 1 N–H and O–H groups in total. The second-order valence-corrected chi connectivity index (χ2v) is 5.48. The van der Waals surface area contributed by atoms with E-state index in [2.05, 4.69) is 19.2 Å². The van der Waals surface area contributed by atoms with Crippen LogP contribution in [0.2, 0.25) is 0 Å². The molecular weight excluding hydrogens is 220 g/mol. The van der Waals surface area contributed by atoms with E-state index in [1.54, 1.807) is 0 Å².